The van der Waals surface area contributed by atoms with Crippen molar-refractivity contribution in [3.8, 4) is 5.69 Å². The molecule has 0 saturated carbocycles. The van der Waals surface area contributed by atoms with Crippen LogP contribution in [0.2, 0.25) is 0 Å². The normalized spacial score (nSPS) is 16.6. The Bertz CT molecular complexity index is 1130. The van der Waals surface area contributed by atoms with Crippen molar-refractivity contribution in [3.05, 3.63) is 96.3 Å². The van der Waals surface area contributed by atoms with Crippen LogP contribution in [0.1, 0.15) is 34.8 Å². The molecule has 1 amide bonds. The maximum Gasteiger partial charge on any atom is 0.257 e. The summed E-state index contributed by atoms with van der Waals surface area (Å²) in [4.78, 5) is 15.3. The number of para-hydroxylation sites is 1. The first-order valence-electron chi connectivity index (χ1n) is 9.70. The lowest BCUT2D eigenvalue weighted by atomic mass is 9.97. The Kier molecular flexibility index (Phi) is 4.17. The zero-order chi connectivity index (χ0) is 18.9. The van der Waals surface area contributed by atoms with Gasteiger partial charge in [-0.05, 0) is 41.3 Å². The zero-order valence-corrected chi connectivity index (χ0v) is 15.5. The predicted octanol–water partition coefficient (Wildman–Crippen LogP) is 5.00. The van der Waals surface area contributed by atoms with Gasteiger partial charge in [-0.25, -0.2) is 4.68 Å². The highest BCUT2D eigenvalue weighted by molar-refractivity contribution is 5.95. The van der Waals surface area contributed by atoms with E-state index < -0.39 is 0 Å². The Morgan fingerprint density at radius 3 is 2.61 bits per heavy atom. The SMILES string of the molecule is O=C(c1cnn(-c2ccccc2)c1)N1CCCC1c1cccc2ccccc12. The van der Waals surface area contributed by atoms with Crippen LogP contribution in [0.25, 0.3) is 16.5 Å². The van der Waals surface area contributed by atoms with E-state index in [-0.39, 0.29) is 11.9 Å². The fourth-order valence-electron chi connectivity index (χ4n) is 4.20. The van der Waals surface area contributed by atoms with E-state index in [4.69, 9.17) is 0 Å². The van der Waals surface area contributed by atoms with Gasteiger partial charge in [0.2, 0.25) is 0 Å². The lowest BCUT2D eigenvalue weighted by Gasteiger charge is -2.25. The fraction of sp³-hybridized carbons (Fsp3) is 0.167. The molecule has 1 aliphatic rings. The zero-order valence-electron chi connectivity index (χ0n) is 15.5. The number of hydrogen-bond donors (Lipinski definition) is 0. The number of rotatable bonds is 3. The standard InChI is InChI=1S/C24H21N3O/c28-24(19-16-25-27(17-19)20-10-2-1-3-11-20)26-15-7-14-23(26)22-13-6-9-18-8-4-5-12-21(18)22/h1-6,8-13,16-17,23H,7,14-15H2. The minimum Gasteiger partial charge on any atom is -0.331 e. The van der Waals surface area contributed by atoms with E-state index in [9.17, 15) is 4.79 Å². The third-order valence-electron chi connectivity index (χ3n) is 5.55. The summed E-state index contributed by atoms with van der Waals surface area (Å²) < 4.78 is 1.76. The van der Waals surface area contributed by atoms with Crippen LogP contribution < -0.4 is 0 Å². The topological polar surface area (TPSA) is 38.1 Å². The van der Waals surface area contributed by atoms with Crippen LogP contribution in [0.4, 0.5) is 0 Å². The molecule has 0 spiro atoms. The summed E-state index contributed by atoms with van der Waals surface area (Å²) in [6.45, 7) is 0.781. The molecule has 1 aliphatic heterocycles. The van der Waals surface area contributed by atoms with Crippen LogP contribution >= 0.6 is 0 Å². The highest BCUT2D eigenvalue weighted by Gasteiger charge is 2.32. The summed E-state index contributed by atoms with van der Waals surface area (Å²) in [5.41, 5.74) is 2.82. The molecule has 138 valence electrons. The number of aromatic nitrogens is 2. The highest BCUT2D eigenvalue weighted by atomic mass is 16.2. The largest absolute Gasteiger partial charge is 0.331 e. The van der Waals surface area contributed by atoms with Crippen LogP contribution in [-0.4, -0.2) is 27.1 Å². The summed E-state index contributed by atoms with van der Waals surface area (Å²) in [6, 6.07) is 24.8. The molecule has 1 saturated heterocycles. The molecule has 4 aromatic rings. The Hall–Kier alpha value is -3.40. The summed E-state index contributed by atoms with van der Waals surface area (Å²) in [7, 11) is 0. The van der Waals surface area contributed by atoms with Gasteiger partial charge < -0.3 is 4.90 Å². The van der Waals surface area contributed by atoms with Crippen molar-refractivity contribution < 1.29 is 4.79 Å². The summed E-state index contributed by atoms with van der Waals surface area (Å²) >= 11 is 0. The first-order valence-corrected chi connectivity index (χ1v) is 9.70. The second kappa shape index (κ2) is 6.97. The lowest BCUT2D eigenvalue weighted by molar-refractivity contribution is 0.0736. The molecule has 0 radical (unpaired) electrons. The van der Waals surface area contributed by atoms with Crippen molar-refractivity contribution in [2.24, 2.45) is 0 Å². The van der Waals surface area contributed by atoms with Crippen LogP contribution in [0.3, 0.4) is 0 Å². The molecule has 5 rings (SSSR count). The average molecular weight is 367 g/mol. The van der Waals surface area contributed by atoms with E-state index in [1.165, 1.54) is 16.3 Å². The minimum absolute atomic E-state index is 0.0533. The molecule has 2 heterocycles. The smallest absolute Gasteiger partial charge is 0.257 e. The van der Waals surface area contributed by atoms with Gasteiger partial charge in [0.1, 0.15) is 0 Å². The highest BCUT2D eigenvalue weighted by Crippen LogP contribution is 2.36. The van der Waals surface area contributed by atoms with Crippen LogP contribution in [0, 0.1) is 0 Å². The third-order valence-corrected chi connectivity index (χ3v) is 5.55. The number of carbonyl (C=O) groups is 1. The molecule has 3 aromatic carbocycles. The van der Waals surface area contributed by atoms with Gasteiger partial charge in [0.05, 0.1) is 23.5 Å². The van der Waals surface area contributed by atoms with Gasteiger partial charge in [0, 0.05) is 12.7 Å². The Morgan fingerprint density at radius 2 is 1.71 bits per heavy atom. The number of amides is 1. The van der Waals surface area contributed by atoms with Gasteiger partial charge >= 0.3 is 0 Å². The second-order valence-electron chi connectivity index (χ2n) is 7.23. The van der Waals surface area contributed by atoms with E-state index in [2.05, 4.69) is 47.6 Å². The van der Waals surface area contributed by atoms with Gasteiger partial charge in [0.15, 0.2) is 0 Å². The number of carbonyl (C=O) groups excluding carboxylic acids is 1. The van der Waals surface area contributed by atoms with Crippen LogP contribution in [-0.2, 0) is 0 Å². The number of fused-ring (bicyclic) bond motifs is 1. The van der Waals surface area contributed by atoms with E-state index in [1.54, 1.807) is 10.9 Å². The molecule has 0 bridgehead atoms. The van der Waals surface area contributed by atoms with Crippen molar-refractivity contribution in [3.63, 3.8) is 0 Å². The van der Waals surface area contributed by atoms with Crippen LogP contribution in [0.15, 0.2) is 85.2 Å². The van der Waals surface area contributed by atoms with Gasteiger partial charge in [-0.15, -0.1) is 0 Å². The maximum absolute atomic E-state index is 13.3. The summed E-state index contributed by atoms with van der Waals surface area (Å²) in [6.07, 6.45) is 5.52. The summed E-state index contributed by atoms with van der Waals surface area (Å²) in [5, 5.41) is 6.85. The molecular formula is C24H21N3O. The Labute approximate surface area is 164 Å². The van der Waals surface area contributed by atoms with Gasteiger partial charge in [-0.1, -0.05) is 60.7 Å². The second-order valence-corrected chi connectivity index (χ2v) is 7.23. The quantitative estimate of drug-likeness (QED) is 0.511. The molecular weight excluding hydrogens is 346 g/mol. The van der Waals surface area contributed by atoms with Crippen molar-refractivity contribution in [2.75, 3.05) is 6.54 Å². The maximum atomic E-state index is 13.3. The van der Waals surface area contributed by atoms with Crippen molar-refractivity contribution in [1.82, 2.24) is 14.7 Å². The molecule has 1 fully saturated rings. The van der Waals surface area contributed by atoms with Crippen molar-refractivity contribution >= 4 is 16.7 Å². The fourth-order valence-corrected chi connectivity index (χ4v) is 4.20. The van der Waals surface area contributed by atoms with E-state index >= 15 is 0 Å². The first-order chi connectivity index (χ1) is 13.8. The predicted molar refractivity (Wildman–Crippen MR) is 111 cm³/mol. The van der Waals surface area contributed by atoms with Crippen LogP contribution in [0.5, 0.6) is 0 Å². The molecule has 1 atom stereocenters. The molecule has 4 nitrogen and oxygen atoms in total. The molecule has 28 heavy (non-hydrogen) atoms. The molecule has 1 aromatic heterocycles. The number of benzene rings is 3. The molecule has 1 unspecified atom stereocenters. The third kappa shape index (κ3) is 2.87. The van der Waals surface area contributed by atoms with E-state index in [0.29, 0.717) is 5.56 Å². The monoisotopic (exact) mass is 367 g/mol. The number of hydrogen-bond acceptors (Lipinski definition) is 2. The van der Waals surface area contributed by atoms with E-state index in [1.807, 2.05) is 41.4 Å². The lowest BCUT2D eigenvalue weighted by Crippen LogP contribution is -2.30. The minimum atomic E-state index is 0.0533. The number of likely N-dealkylation sites (tertiary alicyclic amines) is 1. The van der Waals surface area contributed by atoms with Gasteiger partial charge in [0.25, 0.3) is 5.91 Å². The average Bonchev–Trinajstić information content (AvgIpc) is 3.43. The van der Waals surface area contributed by atoms with E-state index in [0.717, 1.165) is 25.1 Å². The summed E-state index contributed by atoms with van der Waals surface area (Å²) in [5.74, 6) is 0.0533. The molecule has 0 aliphatic carbocycles. The van der Waals surface area contributed by atoms with Crippen molar-refractivity contribution in [2.45, 2.75) is 18.9 Å². The number of nitrogens with zero attached hydrogens (tertiary/aromatic N) is 3. The Balaban J connectivity index is 1.47. The van der Waals surface area contributed by atoms with Gasteiger partial charge in [-0.3, -0.25) is 4.79 Å². The van der Waals surface area contributed by atoms with Gasteiger partial charge in [-0.2, -0.15) is 5.10 Å². The Morgan fingerprint density at radius 1 is 0.929 bits per heavy atom. The van der Waals surface area contributed by atoms with Crippen molar-refractivity contribution in [1.29, 1.82) is 0 Å². The molecule has 0 N–H and O–H groups in total. The first kappa shape index (κ1) is 16.8. The molecule has 4 heteroatoms.